The Morgan fingerprint density at radius 1 is 1.05 bits per heavy atom. The molecule has 0 unspecified atom stereocenters. The molecule has 0 bridgehead atoms. The first-order chi connectivity index (χ1) is 9.56. The standard InChI is InChI=1S/C19H28O/c1-18-11-4-6-15(18)14-9-8-13-5-3-7-17(20)19(13,2)16(14)10-12-18/h8,14-16H,3-7,9-12H2,1-2H3/t14-,15-,16+,18-,19-/m0/s1. The molecule has 0 N–H and O–H groups in total. The zero-order valence-electron chi connectivity index (χ0n) is 13.1. The predicted octanol–water partition coefficient (Wildman–Crippen LogP) is 4.91. The molecule has 0 aromatic heterocycles. The summed E-state index contributed by atoms with van der Waals surface area (Å²) in [5.41, 5.74) is 2.03. The maximum Gasteiger partial charge on any atom is 0.143 e. The smallest absolute Gasteiger partial charge is 0.143 e. The molecule has 4 aliphatic rings. The van der Waals surface area contributed by atoms with E-state index in [1.807, 2.05) is 0 Å². The average molecular weight is 272 g/mol. The lowest BCUT2D eigenvalue weighted by molar-refractivity contribution is -0.135. The van der Waals surface area contributed by atoms with Gasteiger partial charge in [-0.05, 0) is 75.0 Å². The van der Waals surface area contributed by atoms with Crippen molar-refractivity contribution in [1.29, 1.82) is 0 Å². The Labute approximate surface area is 123 Å². The zero-order chi connectivity index (χ0) is 14.0. The van der Waals surface area contributed by atoms with Gasteiger partial charge in [0.1, 0.15) is 5.78 Å². The van der Waals surface area contributed by atoms with E-state index in [-0.39, 0.29) is 5.41 Å². The average Bonchev–Trinajstić information content (AvgIpc) is 2.82. The first-order valence-electron chi connectivity index (χ1n) is 8.78. The third-order valence-electron chi connectivity index (χ3n) is 7.69. The number of allylic oxidation sites excluding steroid dienone is 2. The number of fused-ring (bicyclic) bond motifs is 5. The van der Waals surface area contributed by atoms with Gasteiger partial charge in [0, 0.05) is 6.42 Å². The van der Waals surface area contributed by atoms with Crippen molar-refractivity contribution in [3.63, 3.8) is 0 Å². The highest BCUT2D eigenvalue weighted by atomic mass is 16.1. The van der Waals surface area contributed by atoms with Crippen molar-refractivity contribution >= 4 is 5.78 Å². The summed E-state index contributed by atoms with van der Waals surface area (Å²) in [6, 6.07) is 0. The van der Waals surface area contributed by atoms with Gasteiger partial charge in [-0.1, -0.05) is 25.0 Å². The number of rotatable bonds is 0. The van der Waals surface area contributed by atoms with E-state index in [1.165, 1.54) is 50.5 Å². The van der Waals surface area contributed by atoms with Gasteiger partial charge in [-0.3, -0.25) is 4.79 Å². The molecule has 3 saturated carbocycles. The van der Waals surface area contributed by atoms with Crippen LogP contribution < -0.4 is 0 Å². The van der Waals surface area contributed by atoms with Crippen LogP contribution in [0.4, 0.5) is 0 Å². The zero-order valence-corrected chi connectivity index (χ0v) is 13.1. The van der Waals surface area contributed by atoms with Gasteiger partial charge < -0.3 is 0 Å². The van der Waals surface area contributed by atoms with Crippen LogP contribution in [0.2, 0.25) is 0 Å². The van der Waals surface area contributed by atoms with Gasteiger partial charge in [-0.2, -0.15) is 0 Å². The molecule has 3 fully saturated rings. The van der Waals surface area contributed by atoms with Gasteiger partial charge in [-0.25, -0.2) is 0 Å². The van der Waals surface area contributed by atoms with Crippen LogP contribution in [0.3, 0.4) is 0 Å². The molecule has 0 saturated heterocycles. The Hall–Kier alpha value is -0.590. The van der Waals surface area contributed by atoms with E-state index in [4.69, 9.17) is 0 Å². The summed E-state index contributed by atoms with van der Waals surface area (Å²) in [5.74, 6) is 2.91. The van der Waals surface area contributed by atoms with E-state index < -0.39 is 0 Å². The van der Waals surface area contributed by atoms with Crippen LogP contribution in [-0.2, 0) is 4.79 Å². The molecule has 4 rings (SSSR count). The van der Waals surface area contributed by atoms with E-state index in [0.29, 0.717) is 17.1 Å². The third-order valence-corrected chi connectivity index (χ3v) is 7.69. The minimum atomic E-state index is -0.0783. The minimum Gasteiger partial charge on any atom is -0.299 e. The van der Waals surface area contributed by atoms with E-state index in [1.54, 1.807) is 0 Å². The van der Waals surface area contributed by atoms with Crippen LogP contribution in [0.25, 0.3) is 0 Å². The third kappa shape index (κ3) is 1.53. The van der Waals surface area contributed by atoms with Crippen LogP contribution in [-0.4, -0.2) is 5.78 Å². The summed E-state index contributed by atoms with van der Waals surface area (Å²) in [4.78, 5) is 12.7. The highest BCUT2D eigenvalue weighted by molar-refractivity contribution is 5.89. The lowest BCUT2D eigenvalue weighted by Crippen LogP contribution is -2.51. The largest absolute Gasteiger partial charge is 0.299 e. The number of Topliss-reactive ketones (excluding diaryl/α,β-unsaturated/α-hetero) is 1. The van der Waals surface area contributed by atoms with E-state index in [2.05, 4.69) is 19.9 Å². The van der Waals surface area contributed by atoms with Crippen molar-refractivity contribution in [2.24, 2.45) is 28.6 Å². The fraction of sp³-hybridized carbons (Fsp3) is 0.842. The molecule has 1 heteroatoms. The molecule has 0 aliphatic heterocycles. The molecule has 0 heterocycles. The fourth-order valence-corrected chi connectivity index (χ4v) is 6.50. The topological polar surface area (TPSA) is 17.1 Å². The van der Waals surface area contributed by atoms with Crippen LogP contribution in [0.1, 0.15) is 71.6 Å². The molecule has 0 aromatic rings. The highest BCUT2D eigenvalue weighted by Gasteiger charge is 2.57. The fourth-order valence-electron chi connectivity index (χ4n) is 6.50. The summed E-state index contributed by atoms with van der Waals surface area (Å²) in [5, 5.41) is 0. The van der Waals surface area contributed by atoms with Gasteiger partial charge in [0.2, 0.25) is 0 Å². The minimum absolute atomic E-state index is 0.0783. The van der Waals surface area contributed by atoms with Crippen LogP contribution in [0.15, 0.2) is 11.6 Å². The lowest BCUT2D eigenvalue weighted by Gasteiger charge is -2.55. The van der Waals surface area contributed by atoms with E-state index >= 15 is 0 Å². The molecule has 0 spiro atoms. The molecule has 4 aliphatic carbocycles. The molecule has 1 nitrogen and oxygen atoms in total. The van der Waals surface area contributed by atoms with E-state index in [9.17, 15) is 4.79 Å². The summed E-state index contributed by atoms with van der Waals surface area (Å²) in [6.07, 6.45) is 13.8. The second-order valence-electron chi connectivity index (χ2n) is 8.41. The molecule has 20 heavy (non-hydrogen) atoms. The molecular formula is C19H28O. The van der Waals surface area contributed by atoms with Crippen molar-refractivity contribution < 1.29 is 4.79 Å². The molecular weight excluding hydrogens is 244 g/mol. The Kier molecular flexibility index (Phi) is 2.76. The summed E-state index contributed by atoms with van der Waals surface area (Å²) in [7, 11) is 0. The SMILES string of the molecule is C[C@@]12CCC[C@H]1[C@@H]1CC=C3CCCC(=O)[C@]3(C)[C@@H]1CC2. The van der Waals surface area contributed by atoms with E-state index in [0.717, 1.165) is 24.7 Å². The normalized spacial score (nSPS) is 51.0. The number of carbonyl (C=O) groups excluding carboxylic acids is 1. The quantitative estimate of drug-likeness (QED) is 0.573. The summed E-state index contributed by atoms with van der Waals surface area (Å²) in [6.45, 7) is 4.83. The van der Waals surface area contributed by atoms with Gasteiger partial charge in [-0.15, -0.1) is 0 Å². The van der Waals surface area contributed by atoms with Crippen LogP contribution >= 0.6 is 0 Å². The van der Waals surface area contributed by atoms with Crippen molar-refractivity contribution in [3.8, 4) is 0 Å². The summed E-state index contributed by atoms with van der Waals surface area (Å²) < 4.78 is 0. The second kappa shape index (κ2) is 4.21. The molecule has 0 amide bonds. The molecule has 5 atom stereocenters. The number of hydrogen-bond acceptors (Lipinski definition) is 1. The number of ketones is 1. The molecule has 110 valence electrons. The highest BCUT2D eigenvalue weighted by Crippen LogP contribution is 2.64. The Morgan fingerprint density at radius 3 is 2.75 bits per heavy atom. The van der Waals surface area contributed by atoms with Crippen molar-refractivity contribution in [3.05, 3.63) is 11.6 Å². The van der Waals surface area contributed by atoms with Crippen molar-refractivity contribution in [2.45, 2.75) is 71.6 Å². The maximum absolute atomic E-state index is 12.7. The van der Waals surface area contributed by atoms with Crippen LogP contribution in [0.5, 0.6) is 0 Å². The van der Waals surface area contributed by atoms with Crippen LogP contribution in [0, 0.1) is 28.6 Å². The number of carbonyl (C=O) groups is 1. The van der Waals surface area contributed by atoms with Gasteiger partial charge >= 0.3 is 0 Å². The van der Waals surface area contributed by atoms with Gasteiger partial charge in [0.05, 0.1) is 5.41 Å². The Balaban J connectivity index is 1.74. The molecule has 0 radical (unpaired) electrons. The van der Waals surface area contributed by atoms with Gasteiger partial charge in [0.15, 0.2) is 0 Å². The first kappa shape index (κ1) is 13.1. The second-order valence-corrected chi connectivity index (χ2v) is 8.41. The Bertz CT molecular complexity index is 476. The predicted molar refractivity (Wildman–Crippen MR) is 81.3 cm³/mol. The van der Waals surface area contributed by atoms with Crippen molar-refractivity contribution in [2.75, 3.05) is 0 Å². The molecule has 0 aromatic carbocycles. The monoisotopic (exact) mass is 272 g/mol. The van der Waals surface area contributed by atoms with Crippen molar-refractivity contribution in [1.82, 2.24) is 0 Å². The van der Waals surface area contributed by atoms with Gasteiger partial charge in [0.25, 0.3) is 0 Å². The maximum atomic E-state index is 12.7. The first-order valence-corrected chi connectivity index (χ1v) is 8.78. The summed E-state index contributed by atoms with van der Waals surface area (Å²) >= 11 is 0. The Morgan fingerprint density at radius 2 is 1.90 bits per heavy atom. The number of hydrogen-bond donors (Lipinski definition) is 0. The lowest BCUT2D eigenvalue weighted by atomic mass is 9.48.